The Kier molecular flexibility index (Phi) is 6.62. The highest BCUT2D eigenvalue weighted by Gasteiger charge is 2.45. The zero-order chi connectivity index (χ0) is 28.1. The zero-order valence-electron chi connectivity index (χ0n) is 21.5. The minimum Gasteiger partial charge on any atom is -0.493 e. The van der Waals surface area contributed by atoms with E-state index in [1.54, 1.807) is 30.3 Å². The van der Waals surface area contributed by atoms with Gasteiger partial charge in [-0.3, -0.25) is 4.79 Å². The van der Waals surface area contributed by atoms with Crippen molar-refractivity contribution >= 4 is 22.7 Å². The molecule has 3 N–H and O–H groups in total. The molecule has 0 amide bonds. The van der Waals surface area contributed by atoms with E-state index in [9.17, 15) is 24.9 Å². The Bertz CT molecular complexity index is 1500. The molecule has 3 aliphatic heterocycles. The van der Waals surface area contributed by atoms with Crippen LogP contribution < -0.4 is 18.9 Å². The minimum absolute atomic E-state index is 0.0935. The summed E-state index contributed by atoms with van der Waals surface area (Å²) in [5, 5.41) is 32.6. The Hall–Kier alpha value is -4.10. The van der Waals surface area contributed by atoms with Crippen molar-refractivity contribution in [3.63, 3.8) is 0 Å². The number of cyclic esters (lactones) is 1. The molecule has 3 aliphatic rings. The molecule has 3 heterocycles. The van der Waals surface area contributed by atoms with Crippen LogP contribution in [0.2, 0.25) is 0 Å². The molecule has 12 heteroatoms. The van der Waals surface area contributed by atoms with Gasteiger partial charge in [-0.1, -0.05) is 6.07 Å². The summed E-state index contributed by atoms with van der Waals surface area (Å²) in [5.41, 5.74) is 2.43. The summed E-state index contributed by atoms with van der Waals surface area (Å²) in [6.45, 7) is 1.04. The lowest BCUT2D eigenvalue weighted by atomic mass is 9.90. The fourth-order valence-corrected chi connectivity index (χ4v) is 5.11. The second kappa shape index (κ2) is 10.1. The first-order valence-electron chi connectivity index (χ1n) is 12.5. The lowest BCUT2D eigenvalue weighted by Gasteiger charge is -2.40. The molecule has 1 fully saturated rings. The van der Waals surface area contributed by atoms with Crippen LogP contribution in [0.5, 0.6) is 23.0 Å². The van der Waals surface area contributed by atoms with Gasteiger partial charge in [0.15, 0.2) is 23.0 Å². The molecule has 0 aliphatic carbocycles. The van der Waals surface area contributed by atoms with Gasteiger partial charge in [-0.15, -0.1) is 0 Å². The Labute approximate surface area is 227 Å². The first-order valence-corrected chi connectivity index (χ1v) is 12.5. The predicted octanol–water partition coefficient (Wildman–Crippen LogP) is 1.66. The van der Waals surface area contributed by atoms with Crippen LogP contribution in [-0.2, 0) is 25.6 Å². The van der Waals surface area contributed by atoms with Crippen LogP contribution in [0.3, 0.4) is 0 Å². The van der Waals surface area contributed by atoms with Gasteiger partial charge >= 0.3 is 11.9 Å². The first kappa shape index (κ1) is 26.1. The summed E-state index contributed by atoms with van der Waals surface area (Å²) >= 11 is 0. The van der Waals surface area contributed by atoms with Crippen LogP contribution in [0.4, 0.5) is 0 Å². The van der Waals surface area contributed by atoms with Gasteiger partial charge in [0.2, 0.25) is 13.1 Å². The third kappa shape index (κ3) is 4.44. The second-order valence-corrected chi connectivity index (χ2v) is 9.59. The van der Waals surface area contributed by atoms with Crippen LogP contribution in [0.15, 0.2) is 36.4 Å². The zero-order valence-corrected chi connectivity index (χ0v) is 21.5. The van der Waals surface area contributed by atoms with Crippen molar-refractivity contribution in [2.24, 2.45) is 0 Å². The molecule has 40 heavy (non-hydrogen) atoms. The number of rotatable bonds is 6. The Morgan fingerprint density at radius 2 is 1.75 bits per heavy atom. The van der Waals surface area contributed by atoms with Crippen molar-refractivity contribution in [3.8, 4) is 34.1 Å². The maximum atomic E-state index is 12.8. The highest BCUT2D eigenvalue weighted by atomic mass is 16.7. The van der Waals surface area contributed by atoms with Gasteiger partial charge in [-0.25, -0.2) is 4.79 Å². The summed E-state index contributed by atoms with van der Waals surface area (Å²) in [5.74, 6) is 0.507. The molecule has 3 aromatic carbocycles. The Morgan fingerprint density at radius 1 is 0.950 bits per heavy atom. The molecule has 0 aromatic heterocycles. The van der Waals surface area contributed by atoms with E-state index in [1.807, 2.05) is 6.07 Å². The quantitative estimate of drug-likeness (QED) is 0.379. The van der Waals surface area contributed by atoms with Gasteiger partial charge < -0.3 is 48.5 Å². The van der Waals surface area contributed by atoms with Crippen molar-refractivity contribution in [2.45, 2.75) is 44.2 Å². The number of esters is 2. The maximum Gasteiger partial charge on any atom is 0.339 e. The third-order valence-corrected chi connectivity index (χ3v) is 7.09. The molecule has 6 rings (SSSR count). The lowest BCUT2D eigenvalue weighted by Crippen LogP contribution is -2.60. The number of hydrogen-bond donors (Lipinski definition) is 3. The van der Waals surface area contributed by atoms with Gasteiger partial charge in [0, 0.05) is 18.1 Å². The number of benzene rings is 3. The molecule has 5 atom stereocenters. The monoisotopic (exact) mass is 554 g/mol. The number of carbonyl (C=O) groups excluding carboxylic acids is 2. The number of aliphatic hydroxyl groups is 3. The molecule has 3 aromatic rings. The van der Waals surface area contributed by atoms with E-state index < -0.39 is 42.6 Å². The van der Waals surface area contributed by atoms with E-state index in [0.29, 0.717) is 44.5 Å². The topological polar surface area (TPSA) is 159 Å². The highest BCUT2D eigenvalue weighted by Crippen LogP contribution is 2.45. The molecular formula is C28H26O12. The summed E-state index contributed by atoms with van der Waals surface area (Å²) in [6, 6.07) is 10.5. The molecule has 12 nitrogen and oxygen atoms in total. The third-order valence-electron chi connectivity index (χ3n) is 7.09. The number of carbonyl (C=O) groups is 2. The molecule has 1 saturated heterocycles. The van der Waals surface area contributed by atoms with E-state index in [0.717, 1.165) is 0 Å². The van der Waals surface area contributed by atoms with Crippen LogP contribution in [0.25, 0.3) is 21.9 Å². The van der Waals surface area contributed by atoms with E-state index >= 15 is 0 Å². The second-order valence-electron chi connectivity index (χ2n) is 9.59. The van der Waals surface area contributed by atoms with Crippen molar-refractivity contribution in [1.29, 1.82) is 0 Å². The highest BCUT2D eigenvalue weighted by molar-refractivity contribution is 6.11. The average Bonchev–Trinajstić information content (AvgIpc) is 3.56. The van der Waals surface area contributed by atoms with Crippen LogP contribution >= 0.6 is 0 Å². The van der Waals surface area contributed by atoms with Crippen LogP contribution in [-0.4, -0.2) is 78.5 Å². The smallest absolute Gasteiger partial charge is 0.339 e. The summed E-state index contributed by atoms with van der Waals surface area (Å²) in [7, 11) is 1.43. The van der Waals surface area contributed by atoms with Crippen LogP contribution in [0, 0.1) is 0 Å². The Balaban J connectivity index is 1.42. The van der Waals surface area contributed by atoms with E-state index in [4.69, 9.17) is 33.2 Å². The number of aliphatic hydroxyl groups excluding tert-OH is 3. The number of methoxy groups -OCH3 is 1. The largest absolute Gasteiger partial charge is 0.493 e. The fourth-order valence-electron chi connectivity index (χ4n) is 5.11. The van der Waals surface area contributed by atoms with Gasteiger partial charge in [0.25, 0.3) is 0 Å². The molecule has 210 valence electrons. The molecular weight excluding hydrogens is 528 g/mol. The van der Waals surface area contributed by atoms with Gasteiger partial charge in [-0.05, 0) is 46.7 Å². The van der Waals surface area contributed by atoms with E-state index in [1.165, 1.54) is 14.0 Å². The standard InChI is InChI=1S/C28H26O12/c1-12(29)35-10-21-24(30)25(31)26(32)28(40-21)39-20-7-14-5-15-9-36-27(33)23(15)22(16(14)8-18(20)34-2)13-3-4-17-19(6-13)38-11-37-17/h3-8,21,24-26,28,30-32H,9-11H2,1-2H3/t21-,24-,25+,26-,28-/m1/s1. The van der Waals surface area contributed by atoms with Gasteiger partial charge in [-0.2, -0.15) is 0 Å². The van der Waals surface area contributed by atoms with Crippen LogP contribution in [0.1, 0.15) is 22.8 Å². The molecule has 0 saturated carbocycles. The molecule has 0 spiro atoms. The molecule has 0 bridgehead atoms. The van der Waals surface area contributed by atoms with Crippen molar-refractivity contribution in [3.05, 3.63) is 47.5 Å². The minimum atomic E-state index is -1.63. The van der Waals surface area contributed by atoms with Crippen molar-refractivity contribution in [2.75, 3.05) is 20.5 Å². The first-order chi connectivity index (χ1) is 19.2. The Morgan fingerprint density at radius 3 is 2.52 bits per heavy atom. The van der Waals surface area contributed by atoms with Gasteiger partial charge in [0.1, 0.15) is 37.6 Å². The summed E-state index contributed by atoms with van der Waals surface area (Å²) in [6.07, 6.45) is -7.35. The number of hydrogen-bond acceptors (Lipinski definition) is 12. The molecule has 0 radical (unpaired) electrons. The molecule has 0 unspecified atom stereocenters. The van der Waals surface area contributed by atoms with Crippen molar-refractivity contribution < 1.29 is 58.1 Å². The maximum absolute atomic E-state index is 12.8. The SMILES string of the molecule is COc1cc2c(-c3ccc4c(c3)OCO4)c3c(cc2cc1O[C@@H]1O[C@H](COC(C)=O)[C@@H](O)[C@H](O)[C@H]1O)COC3=O. The normalized spacial score (nSPS) is 24.9. The number of ether oxygens (including phenoxy) is 7. The van der Waals surface area contributed by atoms with Crippen molar-refractivity contribution in [1.82, 2.24) is 0 Å². The average molecular weight is 555 g/mol. The number of fused-ring (bicyclic) bond motifs is 3. The van der Waals surface area contributed by atoms with E-state index in [2.05, 4.69) is 0 Å². The fraction of sp³-hybridized carbons (Fsp3) is 0.357. The summed E-state index contributed by atoms with van der Waals surface area (Å²) < 4.78 is 38.5. The van der Waals surface area contributed by atoms with E-state index in [-0.39, 0.29) is 31.5 Å². The lowest BCUT2D eigenvalue weighted by molar-refractivity contribution is -0.278. The predicted molar refractivity (Wildman–Crippen MR) is 135 cm³/mol. The van der Waals surface area contributed by atoms with Gasteiger partial charge in [0.05, 0.1) is 12.7 Å². The summed E-state index contributed by atoms with van der Waals surface area (Å²) in [4.78, 5) is 24.0.